The Morgan fingerprint density at radius 2 is 2.00 bits per heavy atom. The molecule has 2 amide bonds. The van der Waals surface area contributed by atoms with Gasteiger partial charge in [-0.2, -0.15) is 0 Å². The molecule has 0 saturated heterocycles. The summed E-state index contributed by atoms with van der Waals surface area (Å²) in [5, 5.41) is 5.79. The fraction of sp³-hybridized carbons (Fsp3) is 0.750. The predicted octanol–water partition coefficient (Wildman–Crippen LogP) is -0.561. The van der Waals surface area contributed by atoms with E-state index in [0.717, 1.165) is 6.92 Å². The minimum absolute atomic E-state index is 0.220. The van der Waals surface area contributed by atoms with Gasteiger partial charge in [0.25, 0.3) is 17.6 Å². The summed E-state index contributed by atoms with van der Waals surface area (Å²) in [5.41, 5.74) is 0. The van der Waals surface area contributed by atoms with Crippen LogP contribution in [0.15, 0.2) is 0 Å². The molecule has 0 aromatic heterocycles. The summed E-state index contributed by atoms with van der Waals surface area (Å²) < 4.78 is 26.3. The van der Waals surface area contributed by atoms with Crippen LogP contribution >= 0.6 is 0 Å². The van der Waals surface area contributed by atoms with Crippen molar-refractivity contribution in [3.63, 3.8) is 0 Å². The lowest BCUT2D eigenvalue weighted by Crippen LogP contribution is -2.56. The molecule has 2 atom stereocenters. The van der Waals surface area contributed by atoms with Crippen LogP contribution in [0.5, 0.6) is 0 Å². The first kappa shape index (κ1) is 13.8. The van der Waals surface area contributed by atoms with Crippen molar-refractivity contribution < 1.29 is 18.4 Å². The van der Waals surface area contributed by atoms with Gasteiger partial charge in [0.15, 0.2) is 0 Å². The van der Waals surface area contributed by atoms with E-state index in [1.807, 2.05) is 5.32 Å². The van der Waals surface area contributed by atoms with Crippen LogP contribution in [0.1, 0.15) is 13.8 Å². The van der Waals surface area contributed by atoms with Crippen molar-refractivity contribution >= 4 is 11.8 Å². The molecule has 0 aliphatic rings. The third-order valence-corrected chi connectivity index (χ3v) is 1.62. The first-order chi connectivity index (χ1) is 6.85. The smallest absolute Gasteiger partial charge is 0.278 e. The molecule has 0 aromatic carbocycles. The van der Waals surface area contributed by atoms with E-state index in [1.165, 1.54) is 7.05 Å². The molecule has 0 saturated carbocycles. The first-order valence-electron chi connectivity index (χ1n) is 4.45. The molecule has 0 aliphatic heterocycles. The maximum absolute atomic E-state index is 13.4. The highest BCUT2D eigenvalue weighted by molar-refractivity contribution is 5.90. The number of carbonyl (C=O) groups excluding carboxylic acids is 2. The molecule has 0 unspecified atom stereocenters. The molecule has 0 aromatic rings. The number of hydrogen-bond acceptors (Lipinski definition) is 3. The summed E-state index contributed by atoms with van der Waals surface area (Å²) in [7, 11) is 1.21. The van der Waals surface area contributed by atoms with Gasteiger partial charge in [0.1, 0.15) is 0 Å². The van der Waals surface area contributed by atoms with Crippen molar-refractivity contribution in [2.75, 3.05) is 13.6 Å². The van der Waals surface area contributed by atoms with Crippen LogP contribution < -0.4 is 16.0 Å². The summed E-state index contributed by atoms with van der Waals surface area (Å²) in [5.74, 6) is -4.88. The van der Waals surface area contributed by atoms with Crippen LogP contribution in [0, 0.1) is 0 Å². The highest BCUT2D eigenvalue weighted by Crippen LogP contribution is 2.05. The summed E-state index contributed by atoms with van der Waals surface area (Å²) in [6, 6.07) is 0. The lowest BCUT2D eigenvalue weighted by Gasteiger charge is -2.21. The molecule has 15 heavy (non-hydrogen) atoms. The lowest BCUT2D eigenvalue weighted by molar-refractivity contribution is -0.142. The monoisotopic (exact) mass is 223 g/mol. The van der Waals surface area contributed by atoms with Gasteiger partial charge in [0.2, 0.25) is 6.30 Å². The Balaban J connectivity index is 4.33. The topological polar surface area (TPSA) is 70.2 Å². The zero-order valence-electron chi connectivity index (χ0n) is 8.86. The van der Waals surface area contributed by atoms with E-state index < -0.39 is 23.9 Å². The van der Waals surface area contributed by atoms with E-state index in [4.69, 9.17) is 0 Å². The van der Waals surface area contributed by atoms with Gasteiger partial charge in [-0.15, -0.1) is 0 Å². The Labute approximate surface area is 86.6 Å². The number of carbonyl (C=O) groups is 2. The molecule has 0 rings (SSSR count). The third-order valence-electron chi connectivity index (χ3n) is 1.62. The normalized spacial score (nSPS) is 16.3. The number of halogens is 2. The van der Waals surface area contributed by atoms with E-state index in [-0.39, 0.29) is 6.54 Å². The first-order valence-corrected chi connectivity index (χ1v) is 4.45. The Morgan fingerprint density at radius 3 is 2.40 bits per heavy atom. The number of rotatable bonds is 5. The number of alkyl halides is 2. The predicted molar refractivity (Wildman–Crippen MR) is 50.3 cm³/mol. The standard InChI is InChI=1S/C8H15F2N3O2/c1-4-12-5(9)6(14)13-8(2,10)7(15)11-3/h5,12H,4H2,1-3H3,(H,11,15)(H,13,14)/t5-,8+/m1/s1. The van der Waals surface area contributed by atoms with Crippen molar-refractivity contribution in [3.8, 4) is 0 Å². The fourth-order valence-corrected chi connectivity index (χ4v) is 0.858. The highest BCUT2D eigenvalue weighted by Gasteiger charge is 2.35. The SMILES string of the molecule is CCN[C@@H](F)C(=O)N[C@](C)(F)C(=O)NC. The molecule has 3 N–H and O–H groups in total. The number of amides is 2. The Morgan fingerprint density at radius 1 is 1.47 bits per heavy atom. The number of nitrogens with one attached hydrogen (secondary N) is 3. The molecule has 0 spiro atoms. The molecule has 0 aliphatic carbocycles. The zero-order valence-corrected chi connectivity index (χ0v) is 8.86. The number of likely N-dealkylation sites (N-methyl/N-ethyl adjacent to an activating group) is 2. The molecular formula is C8H15F2N3O2. The summed E-state index contributed by atoms with van der Waals surface area (Å²) in [6.07, 6.45) is -2.03. The van der Waals surface area contributed by atoms with Crippen LogP contribution in [0.2, 0.25) is 0 Å². The molecule has 88 valence electrons. The number of hydrogen-bond donors (Lipinski definition) is 3. The van der Waals surface area contributed by atoms with Gasteiger partial charge < -0.3 is 10.6 Å². The third kappa shape index (κ3) is 4.20. The average Bonchev–Trinajstić information content (AvgIpc) is 2.16. The average molecular weight is 223 g/mol. The van der Waals surface area contributed by atoms with E-state index in [9.17, 15) is 18.4 Å². The van der Waals surface area contributed by atoms with Gasteiger partial charge in [-0.1, -0.05) is 6.92 Å². The molecular weight excluding hydrogens is 208 g/mol. The van der Waals surface area contributed by atoms with Gasteiger partial charge >= 0.3 is 0 Å². The molecule has 0 fully saturated rings. The molecule has 0 bridgehead atoms. The van der Waals surface area contributed by atoms with Gasteiger partial charge in [-0.3, -0.25) is 14.9 Å². The molecule has 0 heterocycles. The van der Waals surface area contributed by atoms with Crippen LogP contribution in [-0.2, 0) is 9.59 Å². The van der Waals surface area contributed by atoms with Crippen molar-refractivity contribution in [3.05, 3.63) is 0 Å². The second-order valence-corrected chi connectivity index (χ2v) is 2.99. The minimum atomic E-state index is -2.62. The minimum Gasteiger partial charge on any atom is -0.355 e. The summed E-state index contributed by atoms with van der Waals surface area (Å²) in [6.45, 7) is 2.65. The van der Waals surface area contributed by atoms with E-state index in [2.05, 4.69) is 5.32 Å². The molecule has 7 heteroatoms. The molecule has 5 nitrogen and oxygen atoms in total. The van der Waals surface area contributed by atoms with E-state index in [0.29, 0.717) is 0 Å². The Bertz CT molecular complexity index is 246. The Kier molecular flexibility index (Phi) is 5.13. The summed E-state index contributed by atoms with van der Waals surface area (Å²) >= 11 is 0. The van der Waals surface area contributed by atoms with Crippen LogP contribution in [0.4, 0.5) is 8.78 Å². The molecule has 0 radical (unpaired) electrons. The fourth-order valence-electron chi connectivity index (χ4n) is 0.858. The van der Waals surface area contributed by atoms with Crippen molar-refractivity contribution in [1.29, 1.82) is 0 Å². The van der Waals surface area contributed by atoms with Crippen molar-refractivity contribution in [1.82, 2.24) is 16.0 Å². The van der Waals surface area contributed by atoms with Crippen LogP contribution in [0.25, 0.3) is 0 Å². The zero-order chi connectivity index (χ0) is 12.1. The lowest BCUT2D eigenvalue weighted by atomic mass is 10.2. The summed E-state index contributed by atoms with van der Waals surface area (Å²) in [4.78, 5) is 21.9. The van der Waals surface area contributed by atoms with E-state index >= 15 is 0 Å². The van der Waals surface area contributed by atoms with Gasteiger partial charge in [-0.25, -0.2) is 8.78 Å². The largest absolute Gasteiger partial charge is 0.355 e. The van der Waals surface area contributed by atoms with Gasteiger partial charge in [0, 0.05) is 7.05 Å². The van der Waals surface area contributed by atoms with Gasteiger partial charge in [0.05, 0.1) is 0 Å². The quantitative estimate of drug-likeness (QED) is 0.547. The highest BCUT2D eigenvalue weighted by atomic mass is 19.1. The Hall–Kier alpha value is -1.24. The second-order valence-electron chi connectivity index (χ2n) is 2.99. The maximum atomic E-state index is 13.4. The second kappa shape index (κ2) is 5.59. The van der Waals surface area contributed by atoms with Crippen molar-refractivity contribution in [2.45, 2.75) is 25.9 Å². The van der Waals surface area contributed by atoms with Crippen LogP contribution in [-0.4, -0.2) is 37.5 Å². The maximum Gasteiger partial charge on any atom is 0.278 e. The van der Waals surface area contributed by atoms with Crippen molar-refractivity contribution in [2.24, 2.45) is 0 Å². The van der Waals surface area contributed by atoms with Gasteiger partial charge in [-0.05, 0) is 13.5 Å². The van der Waals surface area contributed by atoms with Crippen LogP contribution in [0.3, 0.4) is 0 Å². The van der Waals surface area contributed by atoms with E-state index in [1.54, 1.807) is 12.2 Å².